The van der Waals surface area contributed by atoms with E-state index in [-0.39, 0.29) is 5.91 Å². The lowest BCUT2D eigenvalue weighted by Crippen LogP contribution is -2.48. The average molecular weight is 296 g/mol. The Balaban J connectivity index is 1.90. The molecule has 0 radical (unpaired) electrons. The van der Waals surface area contributed by atoms with Crippen LogP contribution < -0.4 is 0 Å². The van der Waals surface area contributed by atoms with Crippen LogP contribution in [-0.2, 0) is 4.79 Å². The number of carbonyl (C=O) groups is 1. The summed E-state index contributed by atoms with van der Waals surface area (Å²) in [5.41, 5.74) is 0. The van der Waals surface area contributed by atoms with Crippen LogP contribution in [0.1, 0.15) is 58.7 Å². The molecule has 1 aliphatic rings. The SMILES string of the molecule is CC(C)c1nc(SCC(=O)N2[C@H](C)CCC[C@@H]2C)n[nH]1. The van der Waals surface area contributed by atoms with Gasteiger partial charge in [0.05, 0.1) is 5.75 Å². The standard InChI is InChI=1S/C14H24N4OS/c1-9(2)13-15-14(17-16-13)20-8-12(19)18-10(3)6-5-7-11(18)4/h9-11H,5-8H2,1-4H3,(H,15,16,17)/t10-,11+. The highest BCUT2D eigenvalue weighted by Crippen LogP contribution is 2.24. The molecule has 0 saturated carbocycles. The highest BCUT2D eigenvalue weighted by Gasteiger charge is 2.28. The molecular weight excluding hydrogens is 272 g/mol. The molecule has 1 aliphatic heterocycles. The molecule has 1 aromatic rings. The van der Waals surface area contributed by atoms with Gasteiger partial charge in [0, 0.05) is 18.0 Å². The summed E-state index contributed by atoms with van der Waals surface area (Å²) >= 11 is 1.42. The fraction of sp³-hybridized carbons (Fsp3) is 0.786. The van der Waals surface area contributed by atoms with Gasteiger partial charge < -0.3 is 4.90 Å². The molecule has 0 aromatic carbocycles. The van der Waals surface area contributed by atoms with Gasteiger partial charge in [0.1, 0.15) is 5.82 Å². The number of amides is 1. The molecule has 2 rings (SSSR count). The maximum Gasteiger partial charge on any atom is 0.233 e. The summed E-state index contributed by atoms with van der Waals surface area (Å²) in [4.78, 5) is 18.8. The molecule has 2 heterocycles. The van der Waals surface area contributed by atoms with Crippen molar-refractivity contribution in [2.75, 3.05) is 5.75 Å². The molecule has 5 nitrogen and oxygen atoms in total. The molecule has 1 saturated heterocycles. The van der Waals surface area contributed by atoms with Gasteiger partial charge in [0.15, 0.2) is 0 Å². The molecule has 112 valence electrons. The van der Waals surface area contributed by atoms with Crippen molar-refractivity contribution in [2.24, 2.45) is 0 Å². The van der Waals surface area contributed by atoms with Gasteiger partial charge in [-0.15, -0.1) is 5.10 Å². The topological polar surface area (TPSA) is 61.9 Å². The zero-order valence-corrected chi connectivity index (χ0v) is 13.5. The lowest BCUT2D eigenvalue weighted by atomic mass is 9.98. The van der Waals surface area contributed by atoms with Gasteiger partial charge in [0.2, 0.25) is 11.1 Å². The molecule has 6 heteroatoms. The summed E-state index contributed by atoms with van der Waals surface area (Å²) < 4.78 is 0. The minimum atomic E-state index is 0.200. The molecule has 20 heavy (non-hydrogen) atoms. The Bertz CT molecular complexity index is 450. The number of aromatic nitrogens is 3. The Morgan fingerprint density at radius 3 is 2.60 bits per heavy atom. The molecule has 1 amide bonds. The smallest absolute Gasteiger partial charge is 0.233 e. The van der Waals surface area contributed by atoms with Gasteiger partial charge in [-0.3, -0.25) is 9.89 Å². The number of aromatic amines is 1. The molecule has 2 atom stereocenters. The van der Waals surface area contributed by atoms with Crippen molar-refractivity contribution in [1.82, 2.24) is 20.1 Å². The predicted octanol–water partition coefficient (Wildman–Crippen LogP) is 2.81. The van der Waals surface area contributed by atoms with Gasteiger partial charge in [-0.1, -0.05) is 25.6 Å². The maximum absolute atomic E-state index is 12.4. The minimum absolute atomic E-state index is 0.200. The van der Waals surface area contributed by atoms with E-state index in [0.29, 0.717) is 28.9 Å². The van der Waals surface area contributed by atoms with Crippen molar-refractivity contribution in [3.8, 4) is 0 Å². The Hall–Kier alpha value is -1.04. The van der Waals surface area contributed by atoms with Gasteiger partial charge in [-0.25, -0.2) is 4.98 Å². The second-order valence-electron chi connectivity index (χ2n) is 5.88. The van der Waals surface area contributed by atoms with Gasteiger partial charge >= 0.3 is 0 Å². The third-order valence-electron chi connectivity index (χ3n) is 3.84. The van der Waals surface area contributed by atoms with Crippen LogP contribution in [-0.4, -0.2) is 43.8 Å². The number of nitrogens with one attached hydrogen (secondary N) is 1. The summed E-state index contributed by atoms with van der Waals surface area (Å²) in [7, 11) is 0. The first-order chi connectivity index (χ1) is 9.49. The van der Waals surface area contributed by atoms with Crippen LogP contribution in [0.5, 0.6) is 0 Å². The summed E-state index contributed by atoms with van der Waals surface area (Å²) in [5.74, 6) is 1.82. The van der Waals surface area contributed by atoms with E-state index in [4.69, 9.17) is 0 Å². The largest absolute Gasteiger partial charge is 0.337 e. The van der Waals surface area contributed by atoms with Crippen molar-refractivity contribution in [3.63, 3.8) is 0 Å². The second kappa shape index (κ2) is 6.61. The highest BCUT2D eigenvalue weighted by atomic mass is 32.2. The molecule has 1 aromatic heterocycles. The number of hydrogen-bond donors (Lipinski definition) is 1. The Morgan fingerprint density at radius 2 is 2.05 bits per heavy atom. The molecule has 1 fully saturated rings. The summed E-state index contributed by atoms with van der Waals surface area (Å²) in [5, 5.41) is 7.73. The third-order valence-corrected chi connectivity index (χ3v) is 4.67. The van der Waals surface area contributed by atoms with Gasteiger partial charge in [0.25, 0.3) is 0 Å². The zero-order valence-electron chi connectivity index (χ0n) is 12.7. The number of piperidine rings is 1. The van der Waals surface area contributed by atoms with Crippen molar-refractivity contribution in [3.05, 3.63) is 5.82 Å². The summed E-state index contributed by atoms with van der Waals surface area (Å²) in [6.45, 7) is 8.41. The van der Waals surface area contributed by atoms with E-state index >= 15 is 0 Å². The van der Waals surface area contributed by atoms with Crippen LogP contribution in [0.25, 0.3) is 0 Å². The van der Waals surface area contributed by atoms with Crippen molar-refractivity contribution < 1.29 is 4.79 Å². The number of nitrogens with zero attached hydrogens (tertiary/aromatic N) is 3. The molecule has 1 N–H and O–H groups in total. The quantitative estimate of drug-likeness (QED) is 0.868. The lowest BCUT2D eigenvalue weighted by Gasteiger charge is -2.39. The number of hydrogen-bond acceptors (Lipinski definition) is 4. The Morgan fingerprint density at radius 1 is 1.40 bits per heavy atom. The lowest BCUT2D eigenvalue weighted by molar-refractivity contribution is -0.134. The maximum atomic E-state index is 12.4. The number of carbonyl (C=O) groups excluding carboxylic acids is 1. The average Bonchev–Trinajstić information content (AvgIpc) is 2.85. The minimum Gasteiger partial charge on any atom is -0.337 e. The summed E-state index contributed by atoms with van der Waals surface area (Å²) in [6.07, 6.45) is 3.44. The molecule has 0 spiro atoms. The van der Waals surface area contributed by atoms with E-state index in [1.807, 2.05) is 4.90 Å². The number of H-pyrrole nitrogens is 1. The van der Waals surface area contributed by atoms with E-state index in [9.17, 15) is 4.79 Å². The molecular formula is C14H24N4OS. The van der Waals surface area contributed by atoms with E-state index in [2.05, 4.69) is 42.9 Å². The van der Waals surface area contributed by atoms with Crippen LogP contribution >= 0.6 is 11.8 Å². The number of rotatable bonds is 4. The number of likely N-dealkylation sites (tertiary alicyclic amines) is 1. The van der Waals surface area contributed by atoms with Gasteiger partial charge in [-0.05, 0) is 33.1 Å². The normalized spacial score (nSPS) is 23.4. The zero-order chi connectivity index (χ0) is 14.7. The van der Waals surface area contributed by atoms with Crippen LogP contribution in [0.15, 0.2) is 5.16 Å². The van der Waals surface area contributed by atoms with E-state index in [1.165, 1.54) is 18.2 Å². The first-order valence-corrected chi connectivity index (χ1v) is 8.34. The Kier molecular flexibility index (Phi) is 5.07. The molecule has 0 aliphatic carbocycles. The van der Waals surface area contributed by atoms with Crippen LogP contribution in [0.3, 0.4) is 0 Å². The Labute approximate surface area is 124 Å². The molecule has 0 bridgehead atoms. The third kappa shape index (κ3) is 3.53. The fourth-order valence-corrected chi connectivity index (χ4v) is 3.37. The predicted molar refractivity (Wildman–Crippen MR) is 80.8 cm³/mol. The van der Waals surface area contributed by atoms with Crippen LogP contribution in [0.2, 0.25) is 0 Å². The van der Waals surface area contributed by atoms with E-state index in [0.717, 1.165) is 18.7 Å². The second-order valence-corrected chi connectivity index (χ2v) is 6.82. The first kappa shape index (κ1) is 15.4. The fourth-order valence-electron chi connectivity index (χ4n) is 2.69. The van der Waals surface area contributed by atoms with Crippen molar-refractivity contribution >= 4 is 17.7 Å². The van der Waals surface area contributed by atoms with Crippen LogP contribution in [0.4, 0.5) is 0 Å². The van der Waals surface area contributed by atoms with E-state index < -0.39 is 0 Å². The molecule has 0 unspecified atom stereocenters. The highest BCUT2D eigenvalue weighted by molar-refractivity contribution is 7.99. The summed E-state index contributed by atoms with van der Waals surface area (Å²) in [6, 6.07) is 0.704. The van der Waals surface area contributed by atoms with Crippen molar-refractivity contribution in [1.29, 1.82) is 0 Å². The first-order valence-electron chi connectivity index (χ1n) is 7.35. The van der Waals surface area contributed by atoms with Gasteiger partial charge in [-0.2, -0.15) is 0 Å². The van der Waals surface area contributed by atoms with E-state index in [1.54, 1.807) is 0 Å². The van der Waals surface area contributed by atoms with Crippen LogP contribution in [0, 0.1) is 0 Å². The number of thioether (sulfide) groups is 1. The monoisotopic (exact) mass is 296 g/mol. The van der Waals surface area contributed by atoms with Crippen molar-refractivity contribution in [2.45, 2.75) is 70.1 Å².